The smallest absolute Gasteiger partial charge is 0.220 e. The maximum atomic E-state index is 12.7. The van der Waals surface area contributed by atoms with E-state index in [1.807, 2.05) is 0 Å². The zero-order valence-corrected chi connectivity index (χ0v) is 8.98. The molecular weight excluding hydrogens is 213 g/mol. The predicted octanol–water partition coefficient (Wildman–Crippen LogP) is 1.36. The first-order chi connectivity index (χ1) is 7.63. The van der Waals surface area contributed by atoms with E-state index < -0.39 is 12.0 Å². The van der Waals surface area contributed by atoms with Crippen molar-refractivity contribution in [2.75, 3.05) is 13.9 Å². The fourth-order valence-electron chi connectivity index (χ4n) is 1.28. The van der Waals surface area contributed by atoms with Crippen LogP contribution >= 0.6 is 0 Å². The summed E-state index contributed by atoms with van der Waals surface area (Å²) in [4.78, 5) is 10.8. The molecule has 0 fully saturated rings. The molecular formula is C11H14FNO3. The zero-order valence-electron chi connectivity index (χ0n) is 8.98. The molecule has 0 radical (unpaired) electrons. The Morgan fingerprint density at radius 2 is 2.06 bits per heavy atom. The van der Waals surface area contributed by atoms with Crippen LogP contribution in [0.4, 0.5) is 4.39 Å². The lowest BCUT2D eigenvalue weighted by atomic mass is 10.1. The number of halogens is 1. The molecule has 0 aliphatic rings. The molecule has 1 amide bonds. The van der Waals surface area contributed by atoms with Gasteiger partial charge in [0.25, 0.3) is 0 Å². The Balaban J connectivity index is 2.74. The van der Waals surface area contributed by atoms with Crippen LogP contribution in [0.3, 0.4) is 0 Å². The number of rotatable bonds is 6. The minimum atomic E-state index is -0.502. The number of benzene rings is 1. The van der Waals surface area contributed by atoms with E-state index in [2.05, 4.69) is 0 Å². The van der Waals surface area contributed by atoms with E-state index in [1.54, 1.807) is 12.1 Å². The van der Waals surface area contributed by atoms with Crippen LogP contribution in [0, 0.1) is 5.82 Å². The van der Waals surface area contributed by atoms with Gasteiger partial charge in [0.1, 0.15) is 12.6 Å². The average molecular weight is 227 g/mol. The third-order valence-corrected chi connectivity index (χ3v) is 2.02. The third kappa shape index (κ3) is 3.96. The number of primary amides is 1. The number of amides is 1. The molecule has 0 saturated heterocycles. The van der Waals surface area contributed by atoms with Crippen molar-refractivity contribution in [1.82, 2.24) is 0 Å². The second-order valence-corrected chi connectivity index (χ2v) is 3.28. The van der Waals surface area contributed by atoms with Gasteiger partial charge in [0.2, 0.25) is 5.91 Å². The van der Waals surface area contributed by atoms with Crippen molar-refractivity contribution >= 4 is 5.91 Å². The van der Waals surface area contributed by atoms with Gasteiger partial charge in [0, 0.05) is 7.11 Å². The molecule has 4 nitrogen and oxygen atoms in total. The minimum Gasteiger partial charge on any atom is -0.370 e. The first kappa shape index (κ1) is 12.6. The molecule has 0 spiro atoms. The van der Waals surface area contributed by atoms with Gasteiger partial charge in [-0.2, -0.15) is 0 Å². The Morgan fingerprint density at radius 3 is 2.56 bits per heavy atom. The minimum absolute atomic E-state index is 0.0367. The Hall–Kier alpha value is -1.46. The SMILES string of the molecule is COCOC(CC(N)=O)c1ccc(F)cc1. The van der Waals surface area contributed by atoms with Crippen LogP contribution in [0.25, 0.3) is 0 Å². The highest BCUT2D eigenvalue weighted by molar-refractivity contribution is 5.74. The van der Waals surface area contributed by atoms with Crippen molar-refractivity contribution in [3.8, 4) is 0 Å². The summed E-state index contributed by atoms with van der Waals surface area (Å²) in [7, 11) is 1.48. The summed E-state index contributed by atoms with van der Waals surface area (Å²) in [6.45, 7) is 0.0509. The number of carbonyl (C=O) groups excluding carboxylic acids is 1. The van der Waals surface area contributed by atoms with E-state index in [9.17, 15) is 9.18 Å². The molecule has 1 aromatic rings. The quantitative estimate of drug-likeness (QED) is 0.746. The van der Waals surface area contributed by atoms with Crippen molar-refractivity contribution in [3.63, 3.8) is 0 Å². The Bertz CT molecular complexity index is 340. The summed E-state index contributed by atoms with van der Waals surface area (Å²) in [5.41, 5.74) is 5.79. The lowest BCUT2D eigenvalue weighted by Gasteiger charge is -2.16. The largest absolute Gasteiger partial charge is 0.370 e. The second-order valence-electron chi connectivity index (χ2n) is 3.28. The van der Waals surface area contributed by atoms with Crippen LogP contribution in [0.2, 0.25) is 0 Å². The molecule has 16 heavy (non-hydrogen) atoms. The summed E-state index contributed by atoms with van der Waals surface area (Å²) in [6.07, 6.45) is -0.465. The average Bonchev–Trinajstić information content (AvgIpc) is 2.25. The summed E-state index contributed by atoms with van der Waals surface area (Å²) < 4.78 is 22.7. The molecule has 2 N–H and O–H groups in total. The zero-order chi connectivity index (χ0) is 12.0. The van der Waals surface area contributed by atoms with E-state index in [0.29, 0.717) is 5.56 Å². The van der Waals surface area contributed by atoms with Gasteiger partial charge >= 0.3 is 0 Å². The van der Waals surface area contributed by atoms with E-state index in [-0.39, 0.29) is 19.0 Å². The predicted molar refractivity (Wildman–Crippen MR) is 55.9 cm³/mol. The van der Waals surface area contributed by atoms with Gasteiger partial charge in [0.05, 0.1) is 12.5 Å². The highest BCUT2D eigenvalue weighted by Gasteiger charge is 2.14. The van der Waals surface area contributed by atoms with Crippen LogP contribution < -0.4 is 5.73 Å². The first-order valence-electron chi connectivity index (χ1n) is 4.77. The summed E-state index contributed by atoms with van der Waals surface area (Å²) in [5.74, 6) is -0.821. The summed E-state index contributed by atoms with van der Waals surface area (Å²) in [5, 5.41) is 0. The number of nitrogens with two attached hydrogens (primary N) is 1. The lowest BCUT2D eigenvalue weighted by molar-refractivity contribution is -0.125. The molecule has 1 unspecified atom stereocenters. The number of carbonyl (C=O) groups is 1. The molecule has 1 atom stereocenters. The summed E-state index contributed by atoms with van der Waals surface area (Å²) >= 11 is 0. The maximum absolute atomic E-state index is 12.7. The molecule has 0 aliphatic heterocycles. The fraction of sp³-hybridized carbons (Fsp3) is 0.364. The van der Waals surface area contributed by atoms with Gasteiger partial charge in [-0.1, -0.05) is 12.1 Å². The maximum Gasteiger partial charge on any atom is 0.220 e. The molecule has 0 aliphatic carbocycles. The van der Waals surface area contributed by atoms with Crippen LogP contribution in [-0.4, -0.2) is 19.8 Å². The Labute approximate surface area is 93.2 Å². The van der Waals surface area contributed by atoms with Crippen molar-refractivity contribution in [2.24, 2.45) is 5.73 Å². The molecule has 5 heteroatoms. The van der Waals surface area contributed by atoms with Crippen molar-refractivity contribution < 1.29 is 18.7 Å². The van der Waals surface area contributed by atoms with E-state index in [4.69, 9.17) is 15.2 Å². The highest BCUT2D eigenvalue weighted by atomic mass is 19.1. The van der Waals surface area contributed by atoms with E-state index >= 15 is 0 Å². The highest BCUT2D eigenvalue weighted by Crippen LogP contribution is 2.21. The van der Waals surface area contributed by atoms with Crippen LogP contribution in [0.5, 0.6) is 0 Å². The van der Waals surface area contributed by atoms with Gasteiger partial charge in [-0.25, -0.2) is 4.39 Å². The van der Waals surface area contributed by atoms with E-state index in [0.717, 1.165) is 0 Å². The normalized spacial score (nSPS) is 12.4. The number of hydrogen-bond acceptors (Lipinski definition) is 3. The molecule has 0 heterocycles. The molecule has 0 bridgehead atoms. The molecule has 88 valence electrons. The fourth-order valence-corrected chi connectivity index (χ4v) is 1.28. The monoisotopic (exact) mass is 227 g/mol. The number of methoxy groups -OCH3 is 1. The van der Waals surface area contributed by atoms with Crippen LogP contribution in [0.1, 0.15) is 18.1 Å². The van der Waals surface area contributed by atoms with Crippen LogP contribution in [0.15, 0.2) is 24.3 Å². The van der Waals surface area contributed by atoms with Crippen molar-refractivity contribution in [3.05, 3.63) is 35.6 Å². The lowest BCUT2D eigenvalue weighted by Crippen LogP contribution is -2.18. The molecule has 1 aromatic carbocycles. The van der Waals surface area contributed by atoms with Gasteiger partial charge < -0.3 is 15.2 Å². The van der Waals surface area contributed by atoms with Crippen molar-refractivity contribution in [1.29, 1.82) is 0 Å². The number of hydrogen-bond donors (Lipinski definition) is 1. The Morgan fingerprint density at radius 1 is 1.44 bits per heavy atom. The molecule has 0 aromatic heterocycles. The second kappa shape index (κ2) is 6.19. The summed E-state index contributed by atoms with van der Waals surface area (Å²) in [6, 6.07) is 5.72. The Kier molecular flexibility index (Phi) is 4.88. The third-order valence-electron chi connectivity index (χ3n) is 2.02. The van der Waals surface area contributed by atoms with Crippen LogP contribution in [-0.2, 0) is 14.3 Å². The molecule has 0 saturated carbocycles. The van der Waals surface area contributed by atoms with Crippen molar-refractivity contribution in [2.45, 2.75) is 12.5 Å². The van der Waals surface area contributed by atoms with Gasteiger partial charge in [-0.05, 0) is 17.7 Å². The number of ether oxygens (including phenoxy) is 2. The van der Waals surface area contributed by atoms with Gasteiger partial charge in [0.15, 0.2) is 0 Å². The first-order valence-corrected chi connectivity index (χ1v) is 4.77. The molecule has 1 rings (SSSR count). The van der Waals surface area contributed by atoms with Gasteiger partial charge in [-0.3, -0.25) is 4.79 Å². The van der Waals surface area contributed by atoms with E-state index in [1.165, 1.54) is 19.2 Å². The van der Waals surface area contributed by atoms with Gasteiger partial charge in [-0.15, -0.1) is 0 Å². The topological polar surface area (TPSA) is 61.6 Å². The standard InChI is InChI=1S/C11H14FNO3/c1-15-7-16-10(6-11(13)14)8-2-4-9(12)5-3-8/h2-5,10H,6-7H2,1H3,(H2,13,14).